The number of halogens is 1. The Labute approximate surface area is 142 Å². The van der Waals surface area contributed by atoms with Crippen LogP contribution >= 0.6 is 12.4 Å². The first-order valence-electron chi connectivity index (χ1n) is 7.58. The maximum atomic E-state index is 12.3. The summed E-state index contributed by atoms with van der Waals surface area (Å²) in [4.78, 5) is 22.5. The van der Waals surface area contributed by atoms with E-state index >= 15 is 0 Å². The van der Waals surface area contributed by atoms with Gasteiger partial charge in [-0.05, 0) is 25.0 Å². The molecule has 1 aromatic heterocycles. The fraction of sp³-hybridized carbons (Fsp3) is 0.353. The van der Waals surface area contributed by atoms with Gasteiger partial charge in [-0.25, -0.2) is 14.8 Å². The third-order valence-electron chi connectivity index (χ3n) is 4.00. The Bertz CT molecular complexity index is 650. The normalized spacial score (nSPS) is 16.7. The largest absolute Gasteiger partial charge is 0.332 e. The minimum Gasteiger partial charge on any atom is -0.332 e. The molecular weight excluding hydrogens is 312 g/mol. The number of rotatable bonds is 3. The predicted molar refractivity (Wildman–Crippen MR) is 91.6 cm³/mol. The zero-order chi connectivity index (χ0) is 15.4. The topological polar surface area (TPSA) is 58.1 Å². The lowest BCUT2D eigenvalue weighted by molar-refractivity contribution is 0.207. The zero-order valence-electron chi connectivity index (χ0n) is 13.1. The van der Waals surface area contributed by atoms with Crippen LogP contribution in [0.3, 0.4) is 0 Å². The van der Waals surface area contributed by atoms with Crippen LogP contribution in [0.2, 0.25) is 0 Å². The molecule has 0 aliphatic carbocycles. The number of carbonyl (C=O) groups excluding carboxylic acids is 1. The van der Waals surface area contributed by atoms with Crippen LogP contribution in [-0.4, -0.2) is 34.0 Å². The second-order valence-corrected chi connectivity index (χ2v) is 5.60. The molecule has 0 radical (unpaired) electrons. The van der Waals surface area contributed by atoms with Crippen LogP contribution in [0.1, 0.15) is 29.4 Å². The molecule has 1 aliphatic heterocycles. The number of benzene rings is 1. The number of aromatic nitrogens is 2. The van der Waals surface area contributed by atoms with Crippen molar-refractivity contribution >= 4 is 18.4 Å². The van der Waals surface area contributed by atoms with Crippen molar-refractivity contribution in [2.75, 3.05) is 13.1 Å². The summed E-state index contributed by atoms with van der Waals surface area (Å²) in [6.45, 7) is 3.86. The van der Waals surface area contributed by atoms with Crippen molar-refractivity contribution in [1.82, 2.24) is 20.2 Å². The van der Waals surface area contributed by atoms with Crippen molar-refractivity contribution in [3.8, 4) is 0 Å². The molecule has 1 aliphatic rings. The highest BCUT2D eigenvalue weighted by molar-refractivity contribution is 5.85. The first-order chi connectivity index (χ1) is 10.7. The third-order valence-corrected chi connectivity index (χ3v) is 4.00. The molecule has 1 saturated heterocycles. The van der Waals surface area contributed by atoms with Gasteiger partial charge in [0.05, 0.1) is 12.2 Å². The quantitative estimate of drug-likeness (QED) is 0.940. The van der Waals surface area contributed by atoms with E-state index in [9.17, 15) is 4.79 Å². The van der Waals surface area contributed by atoms with Crippen LogP contribution in [0.25, 0.3) is 0 Å². The average molecular weight is 333 g/mol. The second kappa shape index (κ2) is 7.92. The van der Waals surface area contributed by atoms with E-state index in [4.69, 9.17) is 0 Å². The van der Waals surface area contributed by atoms with E-state index in [0.717, 1.165) is 31.0 Å². The molecule has 3 rings (SSSR count). The van der Waals surface area contributed by atoms with Gasteiger partial charge in [-0.2, -0.15) is 0 Å². The molecule has 5 nitrogen and oxygen atoms in total. The Hall–Kier alpha value is -2.14. The lowest BCUT2D eigenvalue weighted by atomic mass is 9.99. The third kappa shape index (κ3) is 4.42. The van der Waals surface area contributed by atoms with E-state index in [1.165, 1.54) is 5.56 Å². The standard InChI is InChI=1S/C17H20N4O.ClH/c1-13-18-9-7-16(20-13)11-19-17(22)21-10-8-15(12-21)14-5-3-2-4-6-14;/h2-7,9,15H,8,10-12H2,1H3,(H,19,22);1H. The summed E-state index contributed by atoms with van der Waals surface area (Å²) < 4.78 is 0. The zero-order valence-corrected chi connectivity index (χ0v) is 13.9. The minimum atomic E-state index is -0.0188. The van der Waals surface area contributed by atoms with E-state index < -0.39 is 0 Å². The van der Waals surface area contributed by atoms with Crippen LogP contribution in [-0.2, 0) is 6.54 Å². The summed E-state index contributed by atoms with van der Waals surface area (Å²) in [7, 11) is 0. The molecule has 23 heavy (non-hydrogen) atoms. The monoisotopic (exact) mass is 332 g/mol. The van der Waals surface area contributed by atoms with E-state index in [2.05, 4.69) is 39.6 Å². The van der Waals surface area contributed by atoms with Gasteiger partial charge in [0.1, 0.15) is 5.82 Å². The highest BCUT2D eigenvalue weighted by Crippen LogP contribution is 2.26. The summed E-state index contributed by atoms with van der Waals surface area (Å²) in [5.74, 6) is 1.16. The summed E-state index contributed by atoms with van der Waals surface area (Å²) in [6, 6.07) is 12.2. The minimum absolute atomic E-state index is 0. The number of hydrogen-bond donors (Lipinski definition) is 1. The first-order valence-corrected chi connectivity index (χ1v) is 7.58. The van der Waals surface area contributed by atoms with Crippen LogP contribution in [0.5, 0.6) is 0 Å². The Balaban J connectivity index is 0.00000192. The molecule has 1 N–H and O–H groups in total. The van der Waals surface area contributed by atoms with Gasteiger partial charge in [0.2, 0.25) is 0 Å². The maximum Gasteiger partial charge on any atom is 0.317 e. The molecule has 0 spiro atoms. The van der Waals surface area contributed by atoms with Crippen molar-refractivity contribution in [2.24, 2.45) is 0 Å². The van der Waals surface area contributed by atoms with Crippen molar-refractivity contribution in [1.29, 1.82) is 0 Å². The Morgan fingerprint density at radius 1 is 1.30 bits per heavy atom. The van der Waals surface area contributed by atoms with Gasteiger partial charge in [-0.1, -0.05) is 30.3 Å². The lowest BCUT2D eigenvalue weighted by Crippen LogP contribution is -2.38. The van der Waals surface area contributed by atoms with Crippen molar-refractivity contribution in [3.05, 3.63) is 59.7 Å². The van der Waals surface area contributed by atoms with Gasteiger partial charge in [-0.15, -0.1) is 12.4 Å². The van der Waals surface area contributed by atoms with E-state index in [1.54, 1.807) is 6.20 Å². The molecule has 122 valence electrons. The first kappa shape index (κ1) is 17.2. The number of nitrogens with zero attached hydrogens (tertiary/aromatic N) is 3. The number of hydrogen-bond acceptors (Lipinski definition) is 3. The van der Waals surface area contributed by atoms with Crippen LogP contribution in [0, 0.1) is 6.92 Å². The second-order valence-electron chi connectivity index (χ2n) is 5.60. The molecule has 2 aromatic rings. The van der Waals surface area contributed by atoms with E-state index in [0.29, 0.717) is 12.5 Å². The number of aryl methyl sites for hydroxylation is 1. The fourth-order valence-electron chi connectivity index (χ4n) is 2.82. The van der Waals surface area contributed by atoms with Gasteiger partial charge < -0.3 is 10.2 Å². The number of nitrogens with one attached hydrogen (secondary N) is 1. The van der Waals surface area contributed by atoms with Gasteiger partial charge in [0, 0.05) is 25.2 Å². The van der Waals surface area contributed by atoms with Gasteiger partial charge in [-0.3, -0.25) is 0 Å². The van der Waals surface area contributed by atoms with Crippen molar-refractivity contribution in [3.63, 3.8) is 0 Å². The predicted octanol–water partition coefficient (Wildman–Crippen LogP) is 2.91. The van der Waals surface area contributed by atoms with Gasteiger partial charge >= 0.3 is 6.03 Å². The molecule has 1 aromatic carbocycles. The SMILES string of the molecule is Cc1nccc(CNC(=O)N2CCC(c3ccccc3)C2)n1.Cl. The number of likely N-dealkylation sites (tertiary alicyclic amines) is 1. The number of carbonyl (C=O) groups is 1. The lowest BCUT2D eigenvalue weighted by Gasteiger charge is -2.17. The molecule has 0 bridgehead atoms. The number of urea groups is 1. The molecule has 1 atom stereocenters. The number of amides is 2. The van der Waals surface area contributed by atoms with Crippen molar-refractivity contribution < 1.29 is 4.79 Å². The van der Waals surface area contributed by atoms with Crippen LogP contribution in [0.4, 0.5) is 4.79 Å². The van der Waals surface area contributed by atoms with E-state index in [-0.39, 0.29) is 18.4 Å². The molecule has 0 saturated carbocycles. The van der Waals surface area contributed by atoms with Gasteiger partial charge in [0.15, 0.2) is 0 Å². The Morgan fingerprint density at radius 3 is 2.83 bits per heavy atom. The van der Waals surface area contributed by atoms with Crippen LogP contribution < -0.4 is 5.32 Å². The summed E-state index contributed by atoms with van der Waals surface area (Å²) in [5, 5.41) is 2.94. The molecule has 2 amide bonds. The highest BCUT2D eigenvalue weighted by atomic mass is 35.5. The van der Waals surface area contributed by atoms with Gasteiger partial charge in [0.25, 0.3) is 0 Å². The Kier molecular flexibility index (Phi) is 5.93. The van der Waals surface area contributed by atoms with E-state index in [1.807, 2.05) is 24.0 Å². The summed E-state index contributed by atoms with van der Waals surface area (Å²) in [5.41, 5.74) is 2.14. The Morgan fingerprint density at radius 2 is 2.09 bits per heavy atom. The van der Waals surface area contributed by atoms with Crippen LogP contribution in [0.15, 0.2) is 42.6 Å². The van der Waals surface area contributed by atoms with Crippen molar-refractivity contribution in [2.45, 2.75) is 25.8 Å². The molecule has 1 fully saturated rings. The molecule has 2 heterocycles. The fourth-order valence-corrected chi connectivity index (χ4v) is 2.82. The highest BCUT2D eigenvalue weighted by Gasteiger charge is 2.26. The summed E-state index contributed by atoms with van der Waals surface area (Å²) >= 11 is 0. The molecule has 1 unspecified atom stereocenters. The maximum absolute atomic E-state index is 12.3. The molecular formula is C17H21ClN4O. The average Bonchev–Trinajstić information content (AvgIpc) is 3.04. The molecule has 6 heteroatoms. The summed E-state index contributed by atoms with van der Waals surface area (Å²) in [6.07, 6.45) is 2.73. The smallest absolute Gasteiger partial charge is 0.317 e.